The monoisotopic (exact) mass is 388 g/mol. The summed E-state index contributed by atoms with van der Waals surface area (Å²) in [4.78, 5) is 3.86. The molecule has 0 saturated heterocycles. The summed E-state index contributed by atoms with van der Waals surface area (Å²) in [6.07, 6.45) is -10.2. The fourth-order valence-corrected chi connectivity index (χ4v) is 2.27. The molecule has 12 heteroatoms. The van der Waals surface area contributed by atoms with Gasteiger partial charge in [0, 0.05) is 11.4 Å². The number of hydrogen-bond acceptors (Lipinski definition) is 5. The number of thiazole rings is 1. The quantitative estimate of drug-likeness (QED) is 0.686. The summed E-state index contributed by atoms with van der Waals surface area (Å²) in [5.74, 6) is -2.38. The first kappa shape index (κ1) is 19.1. The van der Waals surface area contributed by atoms with Crippen LogP contribution in [0, 0.1) is 0 Å². The van der Waals surface area contributed by atoms with E-state index in [9.17, 15) is 31.4 Å². The molecule has 1 heterocycles. The molecule has 0 atom stereocenters. The van der Waals surface area contributed by atoms with Gasteiger partial charge in [0.05, 0.1) is 5.69 Å². The van der Waals surface area contributed by atoms with Crippen LogP contribution >= 0.6 is 11.3 Å². The Morgan fingerprint density at radius 1 is 1.00 bits per heavy atom. The zero-order valence-electron chi connectivity index (χ0n) is 12.0. The molecule has 1 aromatic carbocycles. The molecule has 0 fully saturated rings. The van der Waals surface area contributed by atoms with Crippen molar-refractivity contribution in [2.24, 2.45) is 0 Å². The van der Waals surface area contributed by atoms with Crippen molar-refractivity contribution >= 4 is 11.3 Å². The Hall–Kier alpha value is -2.21. The molecule has 2 aromatic rings. The van der Waals surface area contributed by atoms with E-state index in [4.69, 9.17) is 4.74 Å². The van der Waals surface area contributed by atoms with Crippen molar-refractivity contribution in [2.75, 3.05) is 0 Å². The van der Waals surface area contributed by atoms with Gasteiger partial charge in [-0.25, -0.2) is 10.1 Å². The predicted octanol–water partition coefficient (Wildman–Crippen LogP) is 4.45. The minimum absolute atomic E-state index is 0.263. The van der Waals surface area contributed by atoms with Crippen LogP contribution in [0.4, 0.5) is 26.3 Å². The number of halogens is 6. The number of alkyl halides is 6. The molecule has 5 nitrogen and oxygen atoms in total. The van der Waals surface area contributed by atoms with E-state index < -0.39 is 36.6 Å². The van der Waals surface area contributed by atoms with Gasteiger partial charge in [0.2, 0.25) is 0 Å². The number of rotatable bonds is 6. The van der Waals surface area contributed by atoms with Crippen molar-refractivity contribution in [3.05, 3.63) is 34.3 Å². The molecule has 0 saturated carbocycles. The molecule has 0 aliphatic heterocycles. The molecule has 1 radical (unpaired) electrons. The van der Waals surface area contributed by atoms with Crippen molar-refractivity contribution in [3.63, 3.8) is 0 Å². The molecule has 137 valence electrons. The van der Waals surface area contributed by atoms with Crippen molar-refractivity contribution in [3.8, 4) is 17.2 Å². The van der Waals surface area contributed by atoms with Crippen LogP contribution in [0.2, 0.25) is 0 Å². The highest BCUT2D eigenvalue weighted by atomic mass is 32.1. The average Bonchev–Trinajstić information content (AvgIpc) is 2.91. The third-order valence-corrected chi connectivity index (χ3v) is 3.34. The summed E-state index contributed by atoms with van der Waals surface area (Å²) < 4.78 is 86.1. The van der Waals surface area contributed by atoms with E-state index in [-0.39, 0.29) is 17.3 Å². The topological polar surface area (TPSA) is 60.5 Å². The van der Waals surface area contributed by atoms with Gasteiger partial charge in [-0.2, -0.15) is 0 Å². The lowest BCUT2D eigenvalue weighted by Crippen LogP contribution is -2.19. The second-order valence-corrected chi connectivity index (χ2v) is 5.31. The molecule has 0 aliphatic rings. The summed E-state index contributed by atoms with van der Waals surface area (Å²) in [6.45, 7) is -0.860. The van der Waals surface area contributed by atoms with E-state index >= 15 is 0 Å². The zero-order valence-corrected chi connectivity index (χ0v) is 12.8. The fraction of sp³-hybridized carbons (Fsp3) is 0.308. The maximum absolute atomic E-state index is 12.4. The minimum Gasteiger partial charge on any atom is -0.483 e. The van der Waals surface area contributed by atoms with Crippen LogP contribution in [0.3, 0.4) is 0 Å². The predicted molar refractivity (Wildman–Crippen MR) is 70.6 cm³/mol. The molecule has 0 amide bonds. The zero-order chi connectivity index (χ0) is 18.7. The van der Waals surface area contributed by atoms with Crippen molar-refractivity contribution in [1.82, 2.24) is 4.98 Å². The minimum atomic E-state index is -5.15. The van der Waals surface area contributed by atoms with Crippen molar-refractivity contribution in [2.45, 2.75) is 25.9 Å². The first-order valence-electron chi connectivity index (χ1n) is 6.35. The molecule has 2 rings (SSSR count). The summed E-state index contributed by atoms with van der Waals surface area (Å²) >= 11 is 1.05. The van der Waals surface area contributed by atoms with Crippen LogP contribution in [0.15, 0.2) is 23.6 Å². The van der Waals surface area contributed by atoms with E-state index in [0.29, 0.717) is 6.07 Å². The molecule has 0 bridgehead atoms. The molecule has 0 N–H and O–H groups in total. The van der Waals surface area contributed by atoms with Gasteiger partial charge in [-0.15, -0.1) is 37.7 Å². The summed E-state index contributed by atoms with van der Waals surface area (Å²) in [5, 5.41) is 12.4. The molecule has 0 spiro atoms. The second-order valence-electron chi connectivity index (χ2n) is 4.37. The van der Waals surface area contributed by atoms with Gasteiger partial charge in [0.15, 0.2) is 11.5 Å². The smallest absolute Gasteiger partial charge is 0.483 e. The average molecular weight is 388 g/mol. The molecule has 0 aliphatic carbocycles. The van der Waals surface area contributed by atoms with Crippen molar-refractivity contribution < 1.29 is 45.7 Å². The standard InChI is InChI=1S/C13H8F6NO4S/c14-12(15,16)23-8-1-2-9(10(3-8)24-13(17,18)19)22-5-7-6-25-11(4-21)20-7/h1-3,6H,4-5H2. The number of aromatic nitrogens is 1. The lowest BCUT2D eigenvalue weighted by atomic mass is 10.3. The molecule has 1 aromatic heterocycles. The molecule has 25 heavy (non-hydrogen) atoms. The van der Waals surface area contributed by atoms with Crippen LogP contribution in [0.1, 0.15) is 10.7 Å². The Bertz CT molecular complexity index is 715. The van der Waals surface area contributed by atoms with Crippen LogP contribution in [-0.4, -0.2) is 17.7 Å². The highest BCUT2D eigenvalue weighted by Crippen LogP contribution is 2.37. The summed E-state index contributed by atoms with van der Waals surface area (Å²) in [6, 6.07) is 2.01. The van der Waals surface area contributed by atoms with Crippen LogP contribution in [0.25, 0.3) is 0 Å². The highest BCUT2D eigenvalue weighted by Gasteiger charge is 2.34. The van der Waals surface area contributed by atoms with Gasteiger partial charge >= 0.3 is 12.7 Å². The maximum atomic E-state index is 12.4. The van der Waals surface area contributed by atoms with E-state index in [0.717, 1.165) is 23.5 Å². The van der Waals surface area contributed by atoms with Gasteiger partial charge in [-0.3, -0.25) is 0 Å². The number of nitrogens with zero attached hydrogens (tertiary/aromatic N) is 1. The van der Waals surface area contributed by atoms with E-state index in [1.165, 1.54) is 5.38 Å². The SMILES string of the molecule is [O]Cc1nc(COc2ccc(OC(F)(F)F)cc2OC(F)(F)F)cs1. The van der Waals surface area contributed by atoms with Gasteiger partial charge in [-0.1, -0.05) is 0 Å². The van der Waals surface area contributed by atoms with E-state index in [1.54, 1.807) is 0 Å². The number of ether oxygens (including phenoxy) is 3. The van der Waals surface area contributed by atoms with E-state index in [1.807, 2.05) is 0 Å². The Balaban J connectivity index is 2.19. The number of benzene rings is 1. The second kappa shape index (κ2) is 7.35. The third kappa shape index (κ3) is 6.31. The van der Waals surface area contributed by atoms with Gasteiger partial charge in [0.25, 0.3) is 0 Å². The Morgan fingerprint density at radius 2 is 1.68 bits per heavy atom. The number of hydrogen-bond donors (Lipinski definition) is 0. The highest BCUT2D eigenvalue weighted by molar-refractivity contribution is 7.09. The lowest BCUT2D eigenvalue weighted by molar-refractivity contribution is -0.276. The Morgan fingerprint density at radius 3 is 2.24 bits per heavy atom. The fourth-order valence-electron chi connectivity index (χ4n) is 1.64. The maximum Gasteiger partial charge on any atom is 0.573 e. The first-order valence-corrected chi connectivity index (χ1v) is 7.23. The largest absolute Gasteiger partial charge is 0.573 e. The Labute approximate surface area is 140 Å². The molecular weight excluding hydrogens is 380 g/mol. The lowest BCUT2D eigenvalue weighted by Gasteiger charge is -2.16. The van der Waals surface area contributed by atoms with Gasteiger partial charge < -0.3 is 14.2 Å². The summed E-state index contributed by atoms with van der Waals surface area (Å²) in [5.41, 5.74) is 0.282. The van der Waals surface area contributed by atoms with Gasteiger partial charge in [-0.05, 0) is 12.1 Å². The Kier molecular flexibility index (Phi) is 5.62. The van der Waals surface area contributed by atoms with Crippen LogP contribution in [-0.2, 0) is 18.3 Å². The molecule has 0 unspecified atom stereocenters. The van der Waals surface area contributed by atoms with Gasteiger partial charge in [0.1, 0.15) is 24.0 Å². The normalized spacial score (nSPS) is 12.1. The third-order valence-electron chi connectivity index (χ3n) is 2.47. The van der Waals surface area contributed by atoms with Crippen molar-refractivity contribution in [1.29, 1.82) is 0 Å². The van der Waals surface area contributed by atoms with Crippen LogP contribution < -0.4 is 14.2 Å². The summed E-state index contributed by atoms with van der Waals surface area (Å²) in [7, 11) is 0. The molecular formula is C13H8F6NO4S. The van der Waals surface area contributed by atoms with Crippen LogP contribution in [0.5, 0.6) is 17.2 Å². The van der Waals surface area contributed by atoms with E-state index in [2.05, 4.69) is 14.5 Å². The first-order chi connectivity index (χ1) is 11.6.